The third-order valence-corrected chi connectivity index (χ3v) is 3.07. The van der Waals surface area contributed by atoms with E-state index in [1.54, 1.807) is 36.4 Å². The van der Waals surface area contributed by atoms with Gasteiger partial charge in [0.1, 0.15) is 0 Å². The number of nitrogens with one attached hydrogen (secondary N) is 1. The maximum absolute atomic E-state index is 11.9. The zero-order valence-corrected chi connectivity index (χ0v) is 11.6. The van der Waals surface area contributed by atoms with E-state index in [0.29, 0.717) is 11.3 Å². The Bertz CT molecular complexity index is 613. The molecular formula is C16H17NO4. The number of hydrogen-bond donors (Lipinski definition) is 3. The fourth-order valence-electron chi connectivity index (χ4n) is 1.90. The summed E-state index contributed by atoms with van der Waals surface area (Å²) in [5.41, 5.74) is 1.30. The van der Waals surface area contributed by atoms with Gasteiger partial charge < -0.3 is 20.3 Å². The van der Waals surface area contributed by atoms with Gasteiger partial charge in [-0.3, -0.25) is 4.79 Å². The van der Waals surface area contributed by atoms with E-state index in [1.165, 1.54) is 13.2 Å². The Kier molecular flexibility index (Phi) is 4.79. The Balaban J connectivity index is 1.98. The van der Waals surface area contributed by atoms with Crippen molar-refractivity contribution >= 4 is 5.91 Å². The highest BCUT2D eigenvalue weighted by Crippen LogP contribution is 2.26. The van der Waals surface area contributed by atoms with Crippen molar-refractivity contribution in [2.45, 2.75) is 12.6 Å². The molecule has 0 radical (unpaired) electrons. The topological polar surface area (TPSA) is 78.8 Å². The van der Waals surface area contributed by atoms with Crippen LogP contribution in [0.5, 0.6) is 11.5 Å². The maximum atomic E-state index is 11.9. The van der Waals surface area contributed by atoms with Crippen molar-refractivity contribution in [3.05, 3.63) is 59.7 Å². The van der Waals surface area contributed by atoms with E-state index >= 15 is 0 Å². The molecule has 0 saturated carbocycles. The lowest BCUT2D eigenvalue weighted by Gasteiger charge is -2.12. The van der Waals surface area contributed by atoms with Crippen molar-refractivity contribution in [1.82, 2.24) is 5.32 Å². The molecule has 0 aliphatic heterocycles. The van der Waals surface area contributed by atoms with Gasteiger partial charge in [-0.15, -0.1) is 0 Å². The Morgan fingerprint density at radius 1 is 1.24 bits per heavy atom. The van der Waals surface area contributed by atoms with E-state index in [9.17, 15) is 15.0 Å². The Morgan fingerprint density at radius 3 is 2.62 bits per heavy atom. The van der Waals surface area contributed by atoms with Gasteiger partial charge in [0, 0.05) is 6.54 Å². The molecule has 110 valence electrons. The molecule has 2 aromatic carbocycles. The van der Waals surface area contributed by atoms with Crippen LogP contribution >= 0.6 is 0 Å². The van der Waals surface area contributed by atoms with Crippen LogP contribution in [-0.2, 0) is 11.3 Å². The van der Waals surface area contributed by atoms with Crippen molar-refractivity contribution < 1.29 is 19.7 Å². The Hall–Kier alpha value is -2.53. The van der Waals surface area contributed by atoms with Gasteiger partial charge in [-0.2, -0.15) is 0 Å². The molecule has 1 unspecified atom stereocenters. The van der Waals surface area contributed by atoms with E-state index in [2.05, 4.69) is 5.32 Å². The number of aliphatic hydroxyl groups is 1. The molecule has 1 atom stereocenters. The van der Waals surface area contributed by atoms with Crippen LogP contribution in [-0.4, -0.2) is 23.2 Å². The molecule has 5 nitrogen and oxygen atoms in total. The van der Waals surface area contributed by atoms with Crippen LogP contribution in [0.4, 0.5) is 0 Å². The third-order valence-electron chi connectivity index (χ3n) is 3.07. The van der Waals surface area contributed by atoms with Crippen molar-refractivity contribution in [1.29, 1.82) is 0 Å². The summed E-state index contributed by atoms with van der Waals surface area (Å²) in [6.07, 6.45) is -1.20. The lowest BCUT2D eigenvalue weighted by molar-refractivity contribution is -0.129. The van der Waals surface area contributed by atoms with Crippen molar-refractivity contribution in [3.8, 4) is 11.5 Å². The zero-order chi connectivity index (χ0) is 15.2. The highest BCUT2D eigenvalue weighted by molar-refractivity contribution is 5.81. The van der Waals surface area contributed by atoms with E-state index in [4.69, 9.17) is 4.74 Å². The molecule has 5 heteroatoms. The first-order valence-electron chi connectivity index (χ1n) is 6.48. The van der Waals surface area contributed by atoms with Crippen LogP contribution in [0.1, 0.15) is 17.2 Å². The Labute approximate surface area is 122 Å². The third kappa shape index (κ3) is 3.73. The molecule has 0 aliphatic carbocycles. The highest BCUT2D eigenvalue weighted by atomic mass is 16.5. The van der Waals surface area contributed by atoms with E-state index in [-0.39, 0.29) is 12.3 Å². The summed E-state index contributed by atoms with van der Waals surface area (Å²) in [4.78, 5) is 11.9. The summed E-state index contributed by atoms with van der Waals surface area (Å²) in [6.45, 7) is 0.235. The number of hydrogen-bond acceptors (Lipinski definition) is 4. The lowest BCUT2D eigenvalue weighted by Crippen LogP contribution is -2.28. The van der Waals surface area contributed by atoms with Crippen LogP contribution in [0.15, 0.2) is 48.5 Å². The van der Waals surface area contributed by atoms with E-state index < -0.39 is 12.0 Å². The lowest BCUT2D eigenvalue weighted by atomic mass is 10.1. The molecule has 0 heterocycles. The quantitative estimate of drug-likeness (QED) is 0.783. The monoisotopic (exact) mass is 287 g/mol. The van der Waals surface area contributed by atoms with Crippen LogP contribution < -0.4 is 10.1 Å². The van der Waals surface area contributed by atoms with Gasteiger partial charge in [0.15, 0.2) is 17.6 Å². The van der Waals surface area contributed by atoms with Gasteiger partial charge in [-0.05, 0) is 23.3 Å². The average molecular weight is 287 g/mol. The molecule has 0 bridgehead atoms. The second-order valence-electron chi connectivity index (χ2n) is 4.54. The van der Waals surface area contributed by atoms with Crippen LogP contribution in [0.3, 0.4) is 0 Å². The van der Waals surface area contributed by atoms with Gasteiger partial charge in [-0.25, -0.2) is 0 Å². The first-order chi connectivity index (χ1) is 10.1. The number of ether oxygens (including phenoxy) is 1. The predicted octanol–water partition coefficient (Wildman–Crippen LogP) is 1.75. The molecule has 2 aromatic rings. The summed E-state index contributed by atoms with van der Waals surface area (Å²) in [7, 11) is 1.45. The van der Waals surface area contributed by atoms with Gasteiger partial charge in [0.25, 0.3) is 5.91 Å². The first-order valence-corrected chi connectivity index (χ1v) is 6.48. The fraction of sp³-hybridized carbons (Fsp3) is 0.188. The van der Waals surface area contributed by atoms with Crippen LogP contribution in [0.2, 0.25) is 0 Å². The molecule has 3 N–H and O–H groups in total. The number of rotatable bonds is 5. The molecule has 0 spiro atoms. The minimum atomic E-state index is -1.20. The second-order valence-corrected chi connectivity index (χ2v) is 4.54. The van der Waals surface area contributed by atoms with Crippen molar-refractivity contribution in [3.63, 3.8) is 0 Å². The number of phenolic OH excluding ortho intramolecular Hbond substituents is 1. The minimum Gasteiger partial charge on any atom is -0.504 e. The van der Waals surface area contributed by atoms with E-state index in [0.717, 1.165) is 5.56 Å². The number of aliphatic hydroxyl groups excluding tert-OH is 1. The molecule has 0 saturated heterocycles. The summed E-state index contributed by atoms with van der Waals surface area (Å²) < 4.78 is 5.00. The number of phenols is 1. The number of carbonyl (C=O) groups is 1. The van der Waals surface area contributed by atoms with Crippen LogP contribution in [0.25, 0.3) is 0 Å². The molecule has 1 amide bonds. The second kappa shape index (κ2) is 6.76. The summed E-state index contributed by atoms with van der Waals surface area (Å²) in [5, 5.41) is 22.1. The fourth-order valence-corrected chi connectivity index (χ4v) is 1.90. The van der Waals surface area contributed by atoms with Gasteiger partial charge in [0.2, 0.25) is 0 Å². The molecule has 0 aromatic heterocycles. The number of carbonyl (C=O) groups excluding carboxylic acids is 1. The normalized spacial score (nSPS) is 11.7. The smallest absolute Gasteiger partial charge is 0.253 e. The van der Waals surface area contributed by atoms with Gasteiger partial charge in [0.05, 0.1) is 7.11 Å². The minimum absolute atomic E-state index is 0.0388. The summed E-state index contributed by atoms with van der Waals surface area (Å²) in [6, 6.07) is 13.5. The number of methoxy groups -OCH3 is 1. The summed E-state index contributed by atoms with van der Waals surface area (Å²) >= 11 is 0. The molecule has 21 heavy (non-hydrogen) atoms. The van der Waals surface area contributed by atoms with Crippen molar-refractivity contribution in [2.75, 3.05) is 7.11 Å². The predicted molar refractivity (Wildman–Crippen MR) is 77.9 cm³/mol. The van der Waals surface area contributed by atoms with Gasteiger partial charge >= 0.3 is 0 Å². The number of benzene rings is 2. The first kappa shape index (κ1) is 14.9. The molecule has 2 rings (SSSR count). The SMILES string of the molecule is COc1cc(CNC(=O)C(O)c2ccccc2)ccc1O. The van der Waals surface area contributed by atoms with E-state index in [1.807, 2.05) is 6.07 Å². The largest absolute Gasteiger partial charge is 0.504 e. The number of aromatic hydroxyl groups is 1. The zero-order valence-electron chi connectivity index (χ0n) is 11.6. The average Bonchev–Trinajstić information content (AvgIpc) is 2.53. The number of amides is 1. The van der Waals surface area contributed by atoms with Crippen LogP contribution in [0, 0.1) is 0 Å². The Morgan fingerprint density at radius 2 is 1.95 bits per heavy atom. The standard InChI is InChI=1S/C16H17NO4/c1-21-14-9-11(7-8-13(14)18)10-17-16(20)15(19)12-5-3-2-4-6-12/h2-9,15,18-19H,10H2,1H3,(H,17,20). The summed E-state index contributed by atoms with van der Waals surface area (Å²) in [5.74, 6) is -0.101. The molecular weight excluding hydrogens is 270 g/mol. The molecule has 0 aliphatic rings. The highest BCUT2D eigenvalue weighted by Gasteiger charge is 2.16. The molecule has 0 fully saturated rings. The van der Waals surface area contributed by atoms with Crippen molar-refractivity contribution in [2.24, 2.45) is 0 Å². The maximum Gasteiger partial charge on any atom is 0.253 e. The van der Waals surface area contributed by atoms with Gasteiger partial charge in [-0.1, -0.05) is 36.4 Å².